The number of hydrogen-bond acceptors (Lipinski definition) is 5. The van der Waals surface area contributed by atoms with Crippen molar-refractivity contribution in [3.63, 3.8) is 0 Å². The number of piperidine rings is 1. The van der Waals surface area contributed by atoms with E-state index >= 15 is 0 Å². The molecule has 0 aromatic heterocycles. The van der Waals surface area contributed by atoms with Gasteiger partial charge in [0.05, 0.1) is 30.4 Å². The number of rotatable bonds is 10. The van der Waals surface area contributed by atoms with Crippen LogP contribution < -0.4 is 14.4 Å². The van der Waals surface area contributed by atoms with Crippen molar-refractivity contribution in [2.24, 2.45) is 0 Å². The minimum atomic E-state index is -4.56. The Balaban J connectivity index is 1.33. The van der Waals surface area contributed by atoms with Gasteiger partial charge < -0.3 is 24.4 Å². The van der Waals surface area contributed by atoms with Crippen LogP contribution in [0.4, 0.5) is 24.5 Å². The lowest BCUT2D eigenvalue weighted by Gasteiger charge is -2.39. The molecule has 0 atom stereocenters. The van der Waals surface area contributed by atoms with Crippen molar-refractivity contribution >= 4 is 23.0 Å². The molecular formula is C30H34ClF3N2O3. The van der Waals surface area contributed by atoms with Crippen LogP contribution in [0.25, 0.3) is 0 Å². The molecule has 0 spiro atoms. The predicted octanol–water partition coefficient (Wildman–Crippen LogP) is 7.28. The Bertz CT molecular complexity index is 1160. The van der Waals surface area contributed by atoms with E-state index in [-0.39, 0.29) is 10.6 Å². The largest absolute Gasteiger partial charge is 0.497 e. The van der Waals surface area contributed by atoms with E-state index in [4.69, 9.17) is 21.1 Å². The average molecular weight is 563 g/mol. The van der Waals surface area contributed by atoms with Gasteiger partial charge in [0.25, 0.3) is 0 Å². The molecule has 0 aliphatic carbocycles. The number of halogens is 4. The van der Waals surface area contributed by atoms with Gasteiger partial charge in [0.15, 0.2) is 0 Å². The van der Waals surface area contributed by atoms with Crippen LogP contribution in [0.5, 0.6) is 11.5 Å². The number of ether oxygens (including phenoxy) is 2. The summed E-state index contributed by atoms with van der Waals surface area (Å²) < 4.78 is 50.5. The molecule has 0 unspecified atom stereocenters. The first-order valence-electron chi connectivity index (χ1n) is 13.0. The average Bonchev–Trinajstić information content (AvgIpc) is 2.94. The fraction of sp³-hybridized carbons (Fsp3) is 0.400. The number of nitrogens with zero attached hydrogens (tertiary/aromatic N) is 2. The van der Waals surface area contributed by atoms with E-state index in [1.54, 1.807) is 14.2 Å². The number of alkyl halides is 3. The highest BCUT2D eigenvalue weighted by atomic mass is 35.5. The van der Waals surface area contributed by atoms with E-state index in [0.717, 1.165) is 54.9 Å². The molecule has 1 aliphatic rings. The molecule has 210 valence electrons. The summed E-state index contributed by atoms with van der Waals surface area (Å²) in [5.41, 5.74) is 0.195. The minimum absolute atomic E-state index is 0.272. The third-order valence-electron chi connectivity index (χ3n) is 7.37. The number of benzene rings is 3. The second-order valence-corrected chi connectivity index (χ2v) is 10.2. The van der Waals surface area contributed by atoms with Gasteiger partial charge in [-0.05, 0) is 98.5 Å². The van der Waals surface area contributed by atoms with E-state index < -0.39 is 17.3 Å². The summed E-state index contributed by atoms with van der Waals surface area (Å²) in [4.78, 5) is 4.52. The van der Waals surface area contributed by atoms with Gasteiger partial charge in [0.2, 0.25) is 0 Å². The van der Waals surface area contributed by atoms with Crippen LogP contribution in [-0.2, 0) is 11.8 Å². The lowest BCUT2D eigenvalue weighted by Crippen LogP contribution is -2.43. The van der Waals surface area contributed by atoms with Gasteiger partial charge in [0.1, 0.15) is 11.5 Å². The molecule has 1 fully saturated rings. The topological polar surface area (TPSA) is 45.2 Å². The highest BCUT2D eigenvalue weighted by molar-refractivity contribution is 6.31. The highest BCUT2D eigenvalue weighted by Crippen LogP contribution is 2.40. The summed E-state index contributed by atoms with van der Waals surface area (Å²) in [6, 6.07) is 19.6. The van der Waals surface area contributed by atoms with E-state index in [2.05, 4.69) is 9.80 Å². The molecule has 3 aromatic rings. The number of hydrogen-bond donors (Lipinski definition) is 1. The first kappa shape index (κ1) is 29.1. The SMILES string of the molecule is COc1ccc(N(CCCCN2CCC(O)(c3ccc(Cl)c(C(F)(F)F)c3)CC2)c2ccc(OC)cc2)cc1. The van der Waals surface area contributed by atoms with Crippen LogP contribution in [-0.4, -0.2) is 50.4 Å². The van der Waals surface area contributed by atoms with E-state index in [1.807, 2.05) is 48.5 Å². The molecule has 0 saturated carbocycles. The Morgan fingerprint density at radius 3 is 1.90 bits per heavy atom. The first-order valence-corrected chi connectivity index (χ1v) is 13.4. The number of likely N-dealkylation sites (tertiary alicyclic amines) is 1. The Morgan fingerprint density at radius 1 is 0.872 bits per heavy atom. The van der Waals surface area contributed by atoms with Crippen molar-refractivity contribution in [1.29, 1.82) is 0 Å². The minimum Gasteiger partial charge on any atom is -0.497 e. The zero-order valence-corrected chi connectivity index (χ0v) is 22.9. The molecule has 4 rings (SSSR count). The summed E-state index contributed by atoms with van der Waals surface area (Å²) in [7, 11) is 3.29. The fourth-order valence-electron chi connectivity index (χ4n) is 5.00. The number of anilines is 2. The molecule has 1 saturated heterocycles. The standard InChI is InChI=1S/C30H34ClF3N2O3/c1-38-25-10-6-23(7-11-25)36(24-8-12-26(39-2)13-9-24)18-4-3-17-35-19-15-29(37,16-20-35)22-5-14-28(31)27(21-22)30(32,33)34/h5-14,21,37H,3-4,15-20H2,1-2H3. The molecule has 1 N–H and O–H groups in total. The monoisotopic (exact) mass is 562 g/mol. The summed E-state index contributed by atoms with van der Waals surface area (Å²) in [6.45, 7) is 2.88. The summed E-state index contributed by atoms with van der Waals surface area (Å²) in [6.07, 6.45) is -1.94. The van der Waals surface area contributed by atoms with Crippen molar-refractivity contribution in [3.05, 3.63) is 82.9 Å². The second kappa shape index (κ2) is 12.5. The molecule has 1 heterocycles. The Hall–Kier alpha value is -2.94. The maximum Gasteiger partial charge on any atom is 0.417 e. The van der Waals surface area contributed by atoms with Crippen molar-refractivity contribution in [2.75, 3.05) is 45.3 Å². The van der Waals surface area contributed by atoms with E-state index in [1.165, 1.54) is 12.1 Å². The maximum atomic E-state index is 13.3. The van der Waals surface area contributed by atoms with Crippen LogP contribution in [0, 0.1) is 0 Å². The van der Waals surface area contributed by atoms with E-state index in [9.17, 15) is 18.3 Å². The van der Waals surface area contributed by atoms with Gasteiger partial charge in [-0.2, -0.15) is 13.2 Å². The van der Waals surface area contributed by atoms with Crippen molar-refractivity contribution in [3.8, 4) is 11.5 Å². The molecule has 0 radical (unpaired) electrons. The van der Waals surface area contributed by atoms with Crippen LogP contribution in [0.2, 0.25) is 5.02 Å². The summed E-state index contributed by atoms with van der Waals surface area (Å²) in [5, 5.41) is 10.8. The normalized spacial score (nSPS) is 15.7. The molecule has 39 heavy (non-hydrogen) atoms. The van der Waals surface area contributed by atoms with Crippen LogP contribution >= 0.6 is 11.6 Å². The lowest BCUT2D eigenvalue weighted by molar-refractivity contribution is -0.137. The van der Waals surface area contributed by atoms with Crippen LogP contribution in [0.15, 0.2) is 66.7 Å². The third-order valence-corrected chi connectivity index (χ3v) is 7.70. The van der Waals surface area contributed by atoms with Crippen molar-refractivity contribution < 1.29 is 27.8 Å². The third kappa shape index (κ3) is 7.18. The first-order chi connectivity index (χ1) is 18.6. The number of aliphatic hydroxyl groups is 1. The molecular weight excluding hydrogens is 529 g/mol. The van der Waals surface area contributed by atoms with Gasteiger partial charge in [0, 0.05) is 31.0 Å². The Labute approximate surface area is 232 Å². The van der Waals surface area contributed by atoms with Gasteiger partial charge in [-0.15, -0.1) is 0 Å². The number of unbranched alkanes of at least 4 members (excludes halogenated alkanes) is 1. The van der Waals surface area contributed by atoms with Gasteiger partial charge in [-0.1, -0.05) is 17.7 Å². The zero-order valence-electron chi connectivity index (χ0n) is 22.2. The quantitative estimate of drug-likeness (QED) is 0.263. The molecule has 3 aromatic carbocycles. The highest BCUT2D eigenvalue weighted by Gasteiger charge is 2.38. The predicted molar refractivity (Wildman–Crippen MR) is 148 cm³/mol. The van der Waals surface area contributed by atoms with Crippen LogP contribution in [0.1, 0.15) is 36.8 Å². The fourth-order valence-corrected chi connectivity index (χ4v) is 5.23. The van der Waals surface area contributed by atoms with Crippen LogP contribution in [0.3, 0.4) is 0 Å². The number of methoxy groups -OCH3 is 2. The maximum absolute atomic E-state index is 13.3. The van der Waals surface area contributed by atoms with Crippen molar-refractivity contribution in [1.82, 2.24) is 4.90 Å². The Morgan fingerprint density at radius 2 is 1.41 bits per heavy atom. The molecule has 0 amide bonds. The zero-order chi connectivity index (χ0) is 28.0. The van der Waals surface area contributed by atoms with Crippen molar-refractivity contribution in [2.45, 2.75) is 37.5 Å². The smallest absolute Gasteiger partial charge is 0.417 e. The molecule has 0 bridgehead atoms. The Kier molecular flexibility index (Phi) is 9.31. The molecule has 9 heteroatoms. The summed E-state index contributed by atoms with van der Waals surface area (Å²) >= 11 is 5.76. The second-order valence-electron chi connectivity index (χ2n) is 9.82. The summed E-state index contributed by atoms with van der Waals surface area (Å²) in [5.74, 6) is 1.60. The van der Waals surface area contributed by atoms with E-state index in [0.29, 0.717) is 25.9 Å². The molecule has 5 nitrogen and oxygen atoms in total. The van der Waals surface area contributed by atoms with Gasteiger partial charge in [-0.25, -0.2) is 0 Å². The van der Waals surface area contributed by atoms with Gasteiger partial charge >= 0.3 is 6.18 Å². The van der Waals surface area contributed by atoms with Gasteiger partial charge in [-0.3, -0.25) is 0 Å². The molecule has 1 aliphatic heterocycles. The lowest BCUT2D eigenvalue weighted by atomic mass is 9.83.